The Balaban J connectivity index is 1.45. The van der Waals surface area contributed by atoms with Crippen molar-refractivity contribution >= 4 is 28.2 Å². The molecule has 2 N–H and O–H groups in total. The van der Waals surface area contributed by atoms with Gasteiger partial charge in [0.1, 0.15) is 11.4 Å². The Hall–Kier alpha value is -2.86. The first-order valence-electron chi connectivity index (χ1n) is 7.14. The Morgan fingerprint density at radius 2 is 2.17 bits per heavy atom. The van der Waals surface area contributed by atoms with Crippen LogP contribution in [-0.2, 0) is 6.54 Å². The number of nitrogens with one attached hydrogen (secondary N) is 2. The van der Waals surface area contributed by atoms with E-state index in [1.807, 2.05) is 41.8 Å². The Morgan fingerprint density at radius 3 is 3.00 bits per heavy atom. The van der Waals surface area contributed by atoms with Crippen LogP contribution in [0.5, 0.6) is 0 Å². The Labute approximate surface area is 136 Å². The number of para-hydroxylation sites is 1. The molecule has 3 aromatic heterocycles. The van der Waals surface area contributed by atoms with Crippen LogP contribution >= 0.6 is 11.3 Å². The molecule has 23 heavy (non-hydrogen) atoms. The van der Waals surface area contributed by atoms with E-state index in [0.717, 1.165) is 16.0 Å². The number of nitrogens with zero attached hydrogens (tertiary/aromatic N) is 1. The number of hydrogen-bond donors (Lipinski definition) is 2. The standard InChI is InChI=1S/C17H13N3O2S/c21-17(14-8-11-4-1-2-5-13(11)22-14)19-10-16-18-9-12(20-16)15-6-3-7-23-15/h1-9H,10H2,(H,18,20)(H,19,21). The molecule has 0 bridgehead atoms. The minimum atomic E-state index is -0.254. The molecule has 4 rings (SSSR count). The number of imidazole rings is 1. The third kappa shape index (κ3) is 2.76. The molecule has 0 aliphatic rings. The van der Waals surface area contributed by atoms with Crippen LogP contribution in [0.15, 0.2) is 58.5 Å². The Bertz CT molecular complexity index is 920. The van der Waals surface area contributed by atoms with E-state index in [1.165, 1.54) is 0 Å². The number of fused-ring (bicyclic) bond motifs is 1. The van der Waals surface area contributed by atoms with Gasteiger partial charge in [0.2, 0.25) is 0 Å². The zero-order valence-electron chi connectivity index (χ0n) is 12.1. The molecule has 1 aromatic carbocycles. The van der Waals surface area contributed by atoms with Gasteiger partial charge >= 0.3 is 0 Å². The predicted molar refractivity (Wildman–Crippen MR) is 89.3 cm³/mol. The van der Waals surface area contributed by atoms with Crippen molar-refractivity contribution < 1.29 is 9.21 Å². The summed E-state index contributed by atoms with van der Waals surface area (Å²) < 4.78 is 5.54. The number of carbonyl (C=O) groups is 1. The predicted octanol–water partition coefficient (Wildman–Crippen LogP) is 3.81. The number of rotatable bonds is 4. The summed E-state index contributed by atoms with van der Waals surface area (Å²) in [7, 11) is 0. The van der Waals surface area contributed by atoms with E-state index in [9.17, 15) is 4.79 Å². The Morgan fingerprint density at radius 1 is 1.26 bits per heavy atom. The fourth-order valence-corrected chi connectivity index (χ4v) is 3.05. The maximum atomic E-state index is 12.2. The molecule has 6 heteroatoms. The topological polar surface area (TPSA) is 70.9 Å². The SMILES string of the molecule is O=C(NCc1ncc(-c2cccs2)[nH]1)c1cc2ccccc2o1. The van der Waals surface area contributed by atoms with Crippen molar-refractivity contribution in [3.8, 4) is 10.6 Å². The summed E-state index contributed by atoms with van der Waals surface area (Å²) in [5.74, 6) is 0.754. The maximum absolute atomic E-state index is 12.2. The second-order valence-corrected chi connectivity index (χ2v) is 6.00. The minimum Gasteiger partial charge on any atom is -0.451 e. The lowest BCUT2D eigenvalue weighted by atomic mass is 10.2. The third-order valence-corrected chi connectivity index (χ3v) is 4.38. The lowest BCUT2D eigenvalue weighted by Gasteiger charge is -2.00. The largest absolute Gasteiger partial charge is 0.451 e. The van der Waals surface area contributed by atoms with Gasteiger partial charge in [0.05, 0.1) is 23.3 Å². The number of carbonyl (C=O) groups excluding carboxylic acids is 1. The molecule has 0 fully saturated rings. The molecule has 0 spiro atoms. The van der Waals surface area contributed by atoms with Crippen molar-refractivity contribution in [2.45, 2.75) is 6.54 Å². The minimum absolute atomic E-state index is 0.254. The molecule has 0 unspecified atom stereocenters. The number of H-pyrrole nitrogens is 1. The van der Waals surface area contributed by atoms with E-state index in [4.69, 9.17) is 4.42 Å². The molecule has 0 radical (unpaired) electrons. The normalized spacial score (nSPS) is 11.0. The van der Waals surface area contributed by atoms with Gasteiger partial charge in [0, 0.05) is 5.39 Å². The van der Waals surface area contributed by atoms with Crippen LogP contribution in [-0.4, -0.2) is 15.9 Å². The lowest BCUT2D eigenvalue weighted by molar-refractivity contribution is 0.0924. The number of amides is 1. The van der Waals surface area contributed by atoms with Crippen LogP contribution in [0.4, 0.5) is 0 Å². The van der Waals surface area contributed by atoms with Gasteiger partial charge in [-0.2, -0.15) is 0 Å². The van der Waals surface area contributed by atoms with Crippen LogP contribution in [0, 0.1) is 0 Å². The first-order chi connectivity index (χ1) is 11.3. The number of benzene rings is 1. The second-order valence-electron chi connectivity index (χ2n) is 5.05. The van der Waals surface area contributed by atoms with Gasteiger partial charge in [-0.05, 0) is 23.6 Å². The maximum Gasteiger partial charge on any atom is 0.287 e. The highest BCUT2D eigenvalue weighted by Gasteiger charge is 2.12. The molecule has 4 aromatic rings. The first kappa shape index (κ1) is 13.8. The molecular weight excluding hydrogens is 310 g/mol. The number of furan rings is 1. The van der Waals surface area contributed by atoms with E-state index < -0.39 is 0 Å². The number of hydrogen-bond acceptors (Lipinski definition) is 4. The summed E-state index contributed by atoms with van der Waals surface area (Å²) >= 11 is 1.64. The first-order valence-corrected chi connectivity index (χ1v) is 8.02. The highest BCUT2D eigenvalue weighted by atomic mass is 32.1. The monoisotopic (exact) mass is 323 g/mol. The van der Waals surface area contributed by atoms with Gasteiger partial charge in [-0.15, -0.1) is 11.3 Å². The number of aromatic amines is 1. The highest BCUT2D eigenvalue weighted by Crippen LogP contribution is 2.22. The van der Waals surface area contributed by atoms with Crippen LogP contribution in [0.1, 0.15) is 16.4 Å². The van der Waals surface area contributed by atoms with Gasteiger partial charge in [0.15, 0.2) is 5.76 Å². The van der Waals surface area contributed by atoms with Gasteiger partial charge in [-0.25, -0.2) is 4.98 Å². The molecule has 0 atom stereocenters. The zero-order chi connectivity index (χ0) is 15.6. The van der Waals surface area contributed by atoms with E-state index >= 15 is 0 Å². The van der Waals surface area contributed by atoms with Gasteiger partial charge in [0.25, 0.3) is 5.91 Å². The fourth-order valence-electron chi connectivity index (χ4n) is 2.35. The molecule has 0 saturated carbocycles. The van der Waals surface area contributed by atoms with Gasteiger partial charge in [-0.3, -0.25) is 4.79 Å². The van der Waals surface area contributed by atoms with Crippen molar-refractivity contribution in [1.82, 2.24) is 15.3 Å². The second kappa shape index (κ2) is 5.73. The van der Waals surface area contributed by atoms with E-state index in [1.54, 1.807) is 23.6 Å². The van der Waals surface area contributed by atoms with Crippen LogP contribution in [0.3, 0.4) is 0 Å². The van der Waals surface area contributed by atoms with Gasteiger partial charge < -0.3 is 14.7 Å². The van der Waals surface area contributed by atoms with Gasteiger partial charge in [-0.1, -0.05) is 24.3 Å². The summed E-state index contributed by atoms with van der Waals surface area (Å²) in [5, 5.41) is 5.74. The Kier molecular flexibility index (Phi) is 3.44. The van der Waals surface area contributed by atoms with Crippen LogP contribution in [0.2, 0.25) is 0 Å². The van der Waals surface area contributed by atoms with Crippen molar-refractivity contribution in [2.24, 2.45) is 0 Å². The van der Waals surface area contributed by atoms with Crippen molar-refractivity contribution in [1.29, 1.82) is 0 Å². The van der Waals surface area contributed by atoms with Crippen molar-refractivity contribution in [3.63, 3.8) is 0 Å². The van der Waals surface area contributed by atoms with E-state index in [2.05, 4.69) is 15.3 Å². The molecule has 3 heterocycles. The summed E-state index contributed by atoms with van der Waals surface area (Å²) in [5.41, 5.74) is 1.66. The molecule has 0 aliphatic heterocycles. The van der Waals surface area contributed by atoms with Crippen LogP contribution < -0.4 is 5.32 Å². The summed E-state index contributed by atoms with van der Waals surface area (Å²) in [6.07, 6.45) is 1.77. The fraction of sp³-hybridized carbons (Fsp3) is 0.0588. The average molecular weight is 323 g/mol. The zero-order valence-corrected chi connectivity index (χ0v) is 12.9. The van der Waals surface area contributed by atoms with Crippen molar-refractivity contribution in [2.75, 3.05) is 0 Å². The molecule has 5 nitrogen and oxygen atoms in total. The van der Waals surface area contributed by atoms with Crippen molar-refractivity contribution in [3.05, 3.63) is 65.6 Å². The lowest BCUT2D eigenvalue weighted by Crippen LogP contribution is -2.22. The van der Waals surface area contributed by atoms with Crippen LogP contribution in [0.25, 0.3) is 21.5 Å². The molecule has 1 amide bonds. The quantitative estimate of drug-likeness (QED) is 0.600. The smallest absolute Gasteiger partial charge is 0.287 e. The van der Waals surface area contributed by atoms with E-state index in [-0.39, 0.29) is 5.91 Å². The average Bonchev–Trinajstić information content (AvgIpc) is 3.31. The third-order valence-electron chi connectivity index (χ3n) is 3.48. The summed E-state index contributed by atoms with van der Waals surface area (Å²) in [4.78, 5) is 20.8. The number of aromatic nitrogens is 2. The van der Waals surface area contributed by atoms with E-state index in [0.29, 0.717) is 23.7 Å². The molecule has 0 saturated heterocycles. The molecular formula is C17H13N3O2S. The summed E-state index contributed by atoms with van der Waals surface area (Å²) in [6.45, 7) is 0.321. The molecule has 114 valence electrons. The molecule has 0 aliphatic carbocycles. The highest BCUT2D eigenvalue weighted by molar-refractivity contribution is 7.13. The summed E-state index contributed by atoms with van der Waals surface area (Å²) in [6, 6.07) is 13.3. The number of thiophene rings is 1.